The van der Waals surface area contributed by atoms with Crippen LogP contribution in [0, 0.1) is 6.92 Å². The number of hydrogen-bond donors (Lipinski definition) is 1. The standard InChI is InChI=1S/C15H20N2O/c1-12-5-7-14(8-6-12)16-15(18)11-13(2)17-9-3-4-10-17/h5-8,11H,3-4,9-10H2,1-2H3,(H,16,18)/b13-11+. The molecular formula is C15H20N2O. The van der Waals surface area contributed by atoms with E-state index in [-0.39, 0.29) is 5.91 Å². The zero-order valence-electron chi connectivity index (χ0n) is 11.1. The van der Waals surface area contributed by atoms with Gasteiger partial charge in [0, 0.05) is 30.5 Å². The van der Waals surface area contributed by atoms with Gasteiger partial charge < -0.3 is 10.2 Å². The van der Waals surface area contributed by atoms with Crippen molar-refractivity contribution < 1.29 is 4.79 Å². The minimum atomic E-state index is -0.0525. The van der Waals surface area contributed by atoms with Crippen LogP contribution in [-0.4, -0.2) is 23.9 Å². The van der Waals surface area contributed by atoms with E-state index in [1.165, 1.54) is 18.4 Å². The molecule has 0 aliphatic carbocycles. The Bertz CT molecular complexity index is 442. The van der Waals surface area contributed by atoms with Gasteiger partial charge in [-0.05, 0) is 38.8 Å². The van der Waals surface area contributed by atoms with Gasteiger partial charge in [-0.1, -0.05) is 17.7 Å². The van der Waals surface area contributed by atoms with Gasteiger partial charge >= 0.3 is 0 Å². The smallest absolute Gasteiger partial charge is 0.250 e. The molecule has 1 aliphatic heterocycles. The first kappa shape index (κ1) is 12.7. The number of allylic oxidation sites excluding steroid dienone is 1. The lowest BCUT2D eigenvalue weighted by molar-refractivity contribution is -0.112. The van der Waals surface area contributed by atoms with Gasteiger partial charge in [0.25, 0.3) is 0 Å². The summed E-state index contributed by atoms with van der Waals surface area (Å²) in [4.78, 5) is 14.1. The predicted molar refractivity (Wildman–Crippen MR) is 74.4 cm³/mol. The average Bonchev–Trinajstić information content (AvgIpc) is 2.85. The molecule has 0 radical (unpaired) electrons. The lowest BCUT2D eigenvalue weighted by Crippen LogP contribution is -2.19. The quantitative estimate of drug-likeness (QED) is 0.829. The number of nitrogens with one attached hydrogen (secondary N) is 1. The molecule has 18 heavy (non-hydrogen) atoms. The van der Waals surface area contributed by atoms with Crippen molar-refractivity contribution in [3.8, 4) is 0 Å². The topological polar surface area (TPSA) is 32.3 Å². The first-order valence-corrected chi connectivity index (χ1v) is 6.46. The van der Waals surface area contributed by atoms with Crippen molar-refractivity contribution in [1.29, 1.82) is 0 Å². The van der Waals surface area contributed by atoms with Crippen molar-refractivity contribution in [3.63, 3.8) is 0 Å². The fourth-order valence-electron chi connectivity index (χ4n) is 2.17. The summed E-state index contributed by atoms with van der Waals surface area (Å²) in [5.74, 6) is -0.0525. The van der Waals surface area contributed by atoms with Gasteiger partial charge in [-0.25, -0.2) is 0 Å². The summed E-state index contributed by atoms with van der Waals surface area (Å²) in [5.41, 5.74) is 3.09. The van der Waals surface area contributed by atoms with Crippen molar-refractivity contribution >= 4 is 11.6 Å². The Morgan fingerprint density at radius 2 is 1.83 bits per heavy atom. The van der Waals surface area contributed by atoms with Crippen LogP contribution in [-0.2, 0) is 4.79 Å². The predicted octanol–water partition coefficient (Wildman–Crippen LogP) is 2.93. The molecule has 1 amide bonds. The molecule has 2 rings (SSSR count). The molecule has 0 unspecified atom stereocenters. The van der Waals surface area contributed by atoms with Crippen LogP contribution in [0.5, 0.6) is 0 Å². The summed E-state index contributed by atoms with van der Waals surface area (Å²) in [6, 6.07) is 7.83. The minimum Gasteiger partial charge on any atom is -0.375 e. The van der Waals surface area contributed by atoms with Crippen molar-refractivity contribution in [1.82, 2.24) is 4.90 Å². The third-order valence-electron chi connectivity index (χ3n) is 3.26. The number of anilines is 1. The highest BCUT2D eigenvalue weighted by Crippen LogP contribution is 2.14. The molecule has 1 fully saturated rings. The Balaban J connectivity index is 1.95. The molecule has 1 saturated heterocycles. The van der Waals surface area contributed by atoms with Gasteiger partial charge in [0.05, 0.1) is 0 Å². The molecular weight excluding hydrogens is 224 g/mol. The molecule has 1 N–H and O–H groups in total. The van der Waals surface area contributed by atoms with Gasteiger partial charge in [-0.3, -0.25) is 4.79 Å². The molecule has 1 aromatic rings. The van der Waals surface area contributed by atoms with E-state index >= 15 is 0 Å². The van der Waals surface area contributed by atoms with E-state index in [1.807, 2.05) is 38.1 Å². The maximum absolute atomic E-state index is 11.9. The molecule has 3 heteroatoms. The summed E-state index contributed by atoms with van der Waals surface area (Å²) < 4.78 is 0. The third kappa shape index (κ3) is 3.36. The van der Waals surface area contributed by atoms with Gasteiger partial charge in [0.1, 0.15) is 0 Å². The molecule has 0 aromatic heterocycles. The second-order valence-corrected chi connectivity index (χ2v) is 4.84. The highest BCUT2D eigenvalue weighted by Gasteiger charge is 2.12. The molecule has 0 bridgehead atoms. The van der Waals surface area contributed by atoms with Gasteiger partial charge in [-0.15, -0.1) is 0 Å². The average molecular weight is 244 g/mol. The Morgan fingerprint density at radius 1 is 1.22 bits per heavy atom. The molecule has 96 valence electrons. The van der Waals surface area contributed by atoms with Crippen LogP contribution in [0.1, 0.15) is 25.3 Å². The number of carbonyl (C=O) groups excluding carboxylic acids is 1. The monoisotopic (exact) mass is 244 g/mol. The van der Waals surface area contributed by atoms with Gasteiger partial charge in [-0.2, -0.15) is 0 Å². The highest BCUT2D eigenvalue weighted by molar-refractivity contribution is 5.99. The Morgan fingerprint density at radius 3 is 2.44 bits per heavy atom. The van der Waals surface area contributed by atoms with Crippen molar-refractivity contribution in [3.05, 3.63) is 41.6 Å². The molecule has 1 aromatic carbocycles. The normalized spacial score (nSPS) is 15.9. The number of rotatable bonds is 3. The molecule has 1 aliphatic rings. The van der Waals surface area contributed by atoms with Crippen molar-refractivity contribution in [2.24, 2.45) is 0 Å². The van der Waals surface area contributed by atoms with E-state index in [4.69, 9.17) is 0 Å². The van der Waals surface area contributed by atoms with E-state index < -0.39 is 0 Å². The van der Waals surface area contributed by atoms with Crippen molar-refractivity contribution in [2.75, 3.05) is 18.4 Å². The van der Waals surface area contributed by atoms with E-state index in [9.17, 15) is 4.79 Å². The highest BCUT2D eigenvalue weighted by atomic mass is 16.1. The van der Waals surface area contributed by atoms with Gasteiger partial charge in [0.15, 0.2) is 0 Å². The number of hydrogen-bond acceptors (Lipinski definition) is 2. The SMILES string of the molecule is C/C(=C\C(=O)Nc1ccc(C)cc1)N1CCCC1. The Labute approximate surface area is 108 Å². The molecule has 0 atom stereocenters. The molecule has 0 saturated carbocycles. The Hall–Kier alpha value is -1.77. The van der Waals surface area contributed by atoms with Crippen molar-refractivity contribution in [2.45, 2.75) is 26.7 Å². The fourth-order valence-corrected chi connectivity index (χ4v) is 2.17. The van der Waals surface area contributed by atoms with E-state index in [2.05, 4.69) is 10.2 Å². The second kappa shape index (κ2) is 5.71. The summed E-state index contributed by atoms with van der Waals surface area (Å²) >= 11 is 0. The third-order valence-corrected chi connectivity index (χ3v) is 3.26. The van der Waals surface area contributed by atoms with E-state index in [0.717, 1.165) is 24.5 Å². The van der Waals surface area contributed by atoms with Gasteiger partial charge in [0.2, 0.25) is 5.91 Å². The summed E-state index contributed by atoms with van der Waals surface area (Å²) in [7, 11) is 0. The first-order valence-electron chi connectivity index (χ1n) is 6.46. The lowest BCUT2D eigenvalue weighted by Gasteiger charge is -2.17. The molecule has 0 spiro atoms. The number of amides is 1. The summed E-state index contributed by atoms with van der Waals surface area (Å²) in [6.45, 7) is 6.17. The Kier molecular flexibility index (Phi) is 4.03. The van der Waals surface area contributed by atoms with E-state index in [0.29, 0.717) is 0 Å². The van der Waals surface area contributed by atoms with Crippen LogP contribution in [0.15, 0.2) is 36.0 Å². The van der Waals surface area contributed by atoms with E-state index in [1.54, 1.807) is 6.08 Å². The maximum atomic E-state index is 11.9. The number of carbonyl (C=O) groups is 1. The summed E-state index contributed by atoms with van der Waals surface area (Å²) in [6.07, 6.45) is 4.14. The number of likely N-dealkylation sites (tertiary alicyclic amines) is 1. The van der Waals surface area contributed by atoms with Crippen LogP contribution >= 0.6 is 0 Å². The molecule has 1 heterocycles. The van der Waals surface area contributed by atoms with Crippen LogP contribution in [0.2, 0.25) is 0 Å². The van der Waals surface area contributed by atoms with Crippen LogP contribution in [0.4, 0.5) is 5.69 Å². The molecule has 3 nitrogen and oxygen atoms in total. The fraction of sp³-hybridized carbons (Fsp3) is 0.400. The maximum Gasteiger partial charge on any atom is 0.250 e. The zero-order chi connectivity index (χ0) is 13.0. The number of nitrogens with zero attached hydrogens (tertiary/aromatic N) is 1. The summed E-state index contributed by atoms with van der Waals surface area (Å²) in [5, 5.41) is 2.88. The second-order valence-electron chi connectivity index (χ2n) is 4.84. The lowest BCUT2D eigenvalue weighted by atomic mass is 10.2. The van der Waals surface area contributed by atoms with Crippen LogP contribution in [0.3, 0.4) is 0 Å². The zero-order valence-corrected chi connectivity index (χ0v) is 11.1. The largest absolute Gasteiger partial charge is 0.375 e. The number of aryl methyl sites for hydroxylation is 1. The number of benzene rings is 1. The first-order chi connectivity index (χ1) is 8.65. The van der Waals surface area contributed by atoms with Crippen LogP contribution < -0.4 is 5.32 Å². The minimum absolute atomic E-state index is 0.0525. The van der Waals surface area contributed by atoms with Crippen LogP contribution in [0.25, 0.3) is 0 Å².